The first-order chi connectivity index (χ1) is 11.5. The van der Waals surface area contributed by atoms with E-state index in [1.165, 1.54) is 0 Å². The summed E-state index contributed by atoms with van der Waals surface area (Å²) in [4.78, 5) is 23.5. The molecule has 132 valence electrons. The van der Waals surface area contributed by atoms with E-state index in [1.807, 2.05) is 0 Å². The maximum absolute atomic E-state index is 12.6. The molecule has 0 heterocycles. The van der Waals surface area contributed by atoms with Crippen LogP contribution < -0.4 is 0 Å². The molecule has 0 amide bonds. The number of carbonyl (C=O) groups is 2. The summed E-state index contributed by atoms with van der Waals surface area (Å²) in [5.74, 6) is -2.82. The van der Waals surface area contributed by atoms with Gasteiger partial charge in [-0.25, -0.2) is 9.59 Å². The van der Waals surface area contributed by atoms with Crippen molar-refractivity contribution in [3.8, 4) is 0 Å². The van der Waals surface area contributed by atoms with Crippen molar-refractivity contribution in [2.75, 3.05) is 0 Å². The Balaban J connectivity index is 2.20. The molecule has 2 aromatic carbocycles. The number of hydrogen-bond donors (Lipinski definition) is 0. The molecule has 3 nitrogen and oxygen atoms in total. The molecule has 0 atom stereocenters. The van der Waals surface area contributed by atoms with Crippen molar-refractivity contribution in [3.05, 3.63) is 70.8 Å². The summed E-state index contributed by atoms with van der Waals surface area (Å²) in [6.45, 7) is 0. The van der Waals surface area contributed by atoms with E-state index in [0.717, 1.165) is 24.3 Å². The quantitative estimate of drug-likeness (QED) is 0.441. The molecule has 0 radical (unpaired) electrons. The van der Waals surface area contributed by atoms with Crippen molar-refractivity contribution in [2.24, 2.45) is 0 Å². The molecule has 0 aliphatic rings. The molecule has 0 saturated heterocycles. The van der Waals surface area contributed by atoms with Crippen molar-refractivity contribution in [1.29, 1.82) is 0 Å². The molecule has 0 unspecified atom stereocenters. The second kappa shape index (κ2) is 6.58. The molecule has 0 N–H and O–H groups in total. The van der Waals surface area contributed by atoms with Crippen LogP contribution in [0.3, 0.4) is 0 Å². The van der Waals surface area contributed by atoms with Gasteiger partial charge >= 0.3 is 24.3 Å². The van der Waals surface area contributed by atoms with E-state index in [4.69, 9.17) is 0 Å². The van der Waals surface area contributed by atoms with E-state index >= 15 is 0 Å². The number of benzene rings is 2. The summed E-state index contributed by atoms with van der Waals surface area (Å²) in [5.41, 5.74) is -3.38. The van der Waals surface area contributed by atoms with E-state index in [2.05, 4.69) is 4.74 Å². The Hall–Kier alpha value is -2.84. The summed E-state index contributed by atoms with van der Waals surface area (Å²) in [6, 6.07) is 6.22. The zero-order valence-electron chi connectivity index (χ0n) is 12.1. The van der Waals surface area contributed by atoms with Crippen LogP contribution in [-0.4, -0.2) is 11.9 Å². The van der Waals surface area contributed by atoms with Crippen LogP contribution >= 0.6 is 0 Å². The van der Waals surface area contributed by atoms with Gasteiger partial charge in [0.1, 0.15) is 0 Å². The third-order valence-corrected chi connectivity index (χ3v) is 3.04. The van der Waals surface area contributed by atoms with Crippen LogP contribution in [0, 0.1) is 0 Å². The van der Waals surface area contributed by atoms with Gasteiger partial charge in [0.25, 0.3) is 0 Å². The fourth-order valence-corrected chi connectivity index (χ4v) is 1.85. The minimum Gasteiger partial charge on any atom is -0.386 e. The second-order valence-corrected chi connectivity index (χ2v) is 4.83. The monoisotopic (exact) mass is 362 g/mol. The van der Waals surface area contributed by atoms with Crippen molar-refractivity contribution < 1.29 is 40.7 Å². The summed E-state index contributed by atoms with van der Waals surface area (Å²) < 4.78 is 79.9. The number of esters is 2. The average molecular weight is 362 g/mol. The predicted octanol–water partition coefficient (Wildman–Crippen LogP) is 4.72. The minimum atomic E-state index is -4.71. The van der Waals surface area contributed by atoms with E-state index in [1.54, 1.807) is 0 Å². The molecule has 0 saturated carbocycles. The normalized spacial score (nSPS) is 11.9. The Morgan fingerprint density at radius 2 is 1.04 bits per heavy atom. The van der Waals surface area contributed by atoms with Gasteiger partial charge in [-0.3, -0.25) is 0 Å². The summed E-state index contributed by atoms with van der Waals surface area (Å²) in [7, 11) is 0. The lowest BCUT2D eigenvalue weighted by molar-refractivity contribution is -0.138. The predicted molar refractivity (Wildman–Crippen MR) is 72.6 cm³/mol. The van der Waals surface area contributed by atoms with Crippen LogP contribution in [0.4, 0.5) is 26.3 Å². The molecular weight excluding hydrogens is 354 g/mol. The van der Waals surface area contributed by atoms with Gasteiger partial charge in [0, 0.05) is 0 Å². The zero-order chi connectivity index (χ0) is 18.8. The van der Waals surface area contributed by atoms with Crippen LogP contribution in [0.1, 0.15) is 31.8 Å². The van der Waals surface area contributed by atoms with E-state index in [-0.39, 0.29) is 0 Å². The van der Waals surface area contributed by atoms with E-state index in [9.17, 15) is 35.9 Å². The lowest BCUT2D eigenvalue weighted by Crippen LogP contribution is -2.15. The molecule has 0 aliphatic carbocycles. The largest absolute Gasteiger partial charge is 0.416 e. The first-order valence-electron chi connectivity index (χ1n) is 6.59. The van der Waals surface area contributed by atoms with Gasteiger partial charge in [-0.05, 0) is 36.4 Å². The number of alkyl halides is 6. The second-order valence-electron chi connectivity index (χ2n) is 4.83. The number of carbonyl (C=O) groups excluding carboxylic acids is 2. The highest BCUT2D eigenvalue weighted by atomic mass is 19.4. The Morgan fingerprint density at radius 3 is 1.36 bits per heavy atom. The Labute approximate surface area is 136 Å². The molecule has 2 rings (SSSR count). The SMILES string of the molecule is O=C(OC(=O)c1cccc(C(F)(F)F)c1)c1cccc(C(F)(F)F)c1. The Bertz CT molecular complexity index is 741. The number of halogens is 6. The summed E-state index contributed by atoms with van der Waals surface area (Å²) in [6.07, 6.45) is -9.41. The molecule has 0 aromatic heterocycles. The maximum atomic E-state index is 12.6. The van der Waals surface area contributed by atoms with Gasteiger partial charge < -0.3 is 4.74 Å². The molecule has 9 heteroatoms. The fraction of sp³-hybridized carbons (Fsp3) is 0.125. The lowest BCUT2D eigenvalue weighted by atomic mass is 10.1. The third kappa shape index (κ3) is 4.59. The van der Waals surface area contributed by atoms with E-state index in [0.29, 0.717) is 24.3 Å². The van der Waals surface area contributed by atoms with Crippen LogP contribution in [0.5, 0.6) is 0 Å². The van der Waals surface area contributed by atoms with Crippen LogP contribution in [0.15, 0.2) is 48.5 Å². The molecule has 0 bridgehead atoms. The molecular formula is C16H8F6O3. The highest BCUT2D eigenvalue weighted by molar-refractivity contribution is 6.02. The molecule has 2 aromatic rings. The molecule has 0 aliphatic heterocycles. The van der Waals surface area contributed by atoms with Crippen molar-refractivity contribution in [2.45, 2.75) is 12.4 Å². The summed E-state index contributed by atoms with van der Waals surface area (Å²) in [5, 5.41) is 0. The fourth-order valence-electron chi connectivity index (χ4n) is 1.85. The maximum Gasteiger partial charge on any atom is 0.416 e. The van der Waals surface area contributed by atoms with Gasteiger partial charge in [-0.2, -0.15) is 26.3 Å². The van der Waals surface area contributed by atoms with Crippen molar-refractivity contribution in [3.63, 3.8) is 0 Å². The van der Waals surface area contributed by atoms with Gasteiger partial charge in [0.2, 0.25) is 0 Å². The highest BCUT2D eigenvalue weighted by Gasteiger charge is 2.32. The minimum absolute atomic E-state index is 0.474. The van der Waals surface area contributed by atoms with Crippen LogP contribution in [0.2, 0.25) is 0 Å². The smallest absolute Gasteiger partial charge is 0.386 e. The van der Waals surface area contributed by atoms with Gasteiger partial charge in [-0.15, -0.1) is 0 Å². The highest BCUT2D eigenvalue weighted by Crippen LogP contribution is 2.31. The number of ether oxygens (including phenoxy) is 1. The topological polar surface area (TPSA) is 43.4 Å². The number of rotatable bonds is 2. The van der Waals surface area contributed by atoms with Crippen molar-refractivity contribution >= 4 is 11.9 Å². The average Bonchev–Trinajstić information content (AvgIpc) is 2.53. The van der Waals surface area contributed by atoms with E-state index < -0.39 is 46.5 Å². The van der Waals surface area contributed by atoms with Gasteiger partial charge in [-0.1, -0.05) is 12.1 Å². The van der Waals surface area contributed by atoms with Crippen LogP contribution in [-0.2, 0) is 17.1 Å². The molecule has 0 spiro atoms. The zero-order valence-corrected chi connectivity index (χ0v) is 12.1. The first kappa shape index (κ1) is 18.5. The molecule has 25 heavy (non-hydrogen) atoms. The third-order valence-electron chi connectivity index (χ3n) is 3.04. The standard InChI is InChI=1S/C16H8F6O3/c17-15(18,19)11-5-1-3-9(7-11)13(23)25-14(24)10-4-2-6-12(8-10)16(20,21)22/h1-8H. The van der Waals surface area contributed by atoms with Crippen LogP contribution in [0.25, 0.3) is 0 Å². The Morgan fingerprint density at radius 1 is 0.680 bits per heavy atom. The van der Waals surface area contributed by atoms with Gasteiger partial charge in [0.15, 0.2) is 0 Å². The van der Waals surface area contributed by atoms with Gasteiger partial charge in [0.05, 0.1) is 22.3 Å². The number of hydrogen-bond acceptors (Lipinski definition) is 3. The summed E-state index contributed by atoms with van der Waals surface area (Å²) >= 11 is 0. The Kier molecular flexibility index (Phi) is 4.87. The lowest BCUT2D eigenvalue weighted by Gasteiger charge is -2.09. The molecule has 0 fully saturated rings. The van der Waals surface area contributed by atoms with Crippen molar-refractivity contribution in [1.82, 2.24) is 0 Å². The first-order valence-corrected chi connectivity index (χ1v) is 6.59.